The highest BCUT2D eigenvalue weighted by Gasteiger charge is 2.22. The van der Waals surface area contributed by atoms with Gasteiger partial charge in [-0.15, -0.1) is 0 Å². The first-order valence-electron chi connectivity index (χ1n) is 10.5. The standard InChI is InChI=1S/C24H30N2O2/c1-25(17-19-8-4-2-5-9-19)24(27)28-22-12-13-23-21(16-22)14-15-26(23)18-20-10-6-3-7-11-20/h3,6-7,10-13,16,19H,2,4-5,8-9,14-15,17-18H2,1H3. The van der Waals surface area contributed by atoms with Gasteiger partial charge in [0, 0.05) is 32.4 Å². The Balaban J connectivity index is 1.35. The van der Waals surface area contributed by atoms with Gasteiger partial charge < -0.3 is 14.5 Å². The molecule has 0 spiro atoms. The summed E-state index contributed by atoms with van der Waals surface area (Å²) in [5, 5.41) is 0. The Morgan fingerprint density at radius 1 is 1.11 bits per heavy atom. The summed E-state index contributed by atoms with van der Waals surface area (Å²) in [6.07, 6.45) is 7.12. The lowest BCUT2D eigenvalue weighted by Gasteiger charge is -2.26. The number of benzene rings is 2. The second-order valence-corrected chi connectivity index (χ2v) is 8.20. The molecule has 1 saturated carbocycles. The molecule has 1 amide bonds. The van der Waals surface area contributed by atoms with Crippen LogP contribution in [-0.2, 0) is 13.0 Å². The third kappa shape index (κ3) is 4.49. The quantitative estimate of drug-likeness (QED) is 0.711. The van der Waals surface area contributed by atoms with Crippen molar-refractivity contribution in [1.29, 1.82) is 0 Å². The molecule has 4 nitrogen and oxygen atoms in total. The maximum Gasteiger partial charge on any atom is 0.414 e. The molecule has 0 radical (unpaired) electrons. The van der Waals surface area contributed by atoms with E-state index >= 15 is 0 Å². The molecule has 2 aromatic carbocycles. The maximum absolute atomic E-state index is 12.5. The molecule has 1 aliphatic heterocycles. The zero-order valence-corrected chi connectivity index (χ0v) is 16.8. The first kappa shape index (κ1) is 18.9. The summed E-state index contributed by atoms with van der Waals surface area (Å²) in [5.41, 5.74) is 3.82. The Hall–Kier alpha value is -2.49. The number of hydrogen-bond donors (Lipinski definition) is 0. The molecule has 1 aliphatic carbocycles. The summed E-state index contributed by atoms with van der Waals surface area (Å²) in [4.78, 5) is 16.6. The van der Waals surface area contributed by atoms with Gasteiger partial charge in [0.15, 0.2) is 0 Å². The van der Waals surface area contributed by atoms with Crippen molar-refractivity contribution in [2.75, 3.05) is 25.0 Å². The van der Waals surface area contributed by atoms with Gasteiger partial charge in [0.1, 0.15) is 5.75 Å². The average molecular weight is 379 g/mol. The van der Waals surface area contributed by atoms with E-state index in [0.29, 0.717) is 11.7 Å². The van der Waals surface area contributed by atoms with Gasteiger partial charge in [-0.25, -0.2) is 4.79 Å². The lowest BCUT2D eigenvalue weighted by atomic mass is 9.89. The number of anilines is 1. The predicted molar refractivity (Wildman–Crippen MR) is 113 cm³/mol. The molecule has 0 atom stereocenters. The molecule has 2 aliphatic rings. The van der Waals surface area contributed by atoms with Gasteiger partial charge in [-0.05, 0) is 54.5 Å². The van der Waals surface area contributed by atoms with Crippen molar-refractivity contribution in [2.45, 2.75) is 45.1 Å². The molecule has 0 saturated heterocycles. The van der Waals surface area contributed by atoms with E-state index < -0.39 is 0 Å². The van der Waals surface area contributed by atoms with Crippen LogP contribution in [0.3, 0.4) is 0 Å². The molecule has 0 unspecified atom stereocenters. The summed E-state index contributed by atoms with van der Waals surface area (Å²) < 4.78 is 5.66. The van der Waals surface area contributed by atoms with Gasteiger partial charge in [0.05, 0.1) is 0 Å². The van der Waals surface area contributed by atoms with Crippen molar-refractivity contribution in [3.05, 3.63) is 59.7 Å². The molecule has 0 bridgehead atoms. The van der Waals surface area contributed by atoms with E-state index in [0.717, 1.165) is 26.1 Å². The highest BCUT2D eigenvalue weighted by Crippen LogP contribution is 2.32. The third-order valence-electron chi connectivity index (χ3n) is 6.03. The SMILES string of the molecule is CN(CC1CCCCC1)C(=O)Oc1ccc2c(c1)CCN2Cc1ccccc1. The number of nitrogens with zero attached hydrogens (tertiary/aromatic N) is 2. The molecular weight excluding hydrogens is 348 g/mol. The van der Waals surface area contributed by atoms with E-state index in [1.165, 1.54) is 48.9 Å². The molecule has 4 heteroatoms. The van der Waals surface area contributed by atoms with Gasteiger partial charge in [-0.1, -0.05) is 49.6 Å². The van der Waals surface area contributed by atoms with Crippen LogP contribution >= 0.6 is 0 Å². The Morgan fingerprint density at radius 3 is 2.68 bits per heavy atom. The van der Waals surface area contributed by atoms with Crippen LogP contribution in [0, 0.1) is 5.92 Å². The number of hydrogen-bond acceptors (Lipinski definition) is 3. The maximum atomic E-state index is 12.5. The highest BCUT2D eigenvalue weighted by molar-refractivity contribution is 5.71. The Labute approximate surface area is 168 Å². The third-order valence-corrected chi connectivity index (χ3v) is 6.03. The topological polar surface area (TPSA) is 32.8 Å². The molecule has 1 heterocycles. The van der Waals surface area contributed by atoms with E-state index in [9.17, 15) is 4.79 Å². The number of carbonyl (C=O) groups is 1. The smallest absolute Gasteiger partial charge is 0.410 e. The summed E-state index contributed by atoms with van der Waals surface area (Å²) in [7, 11) is 1.85. The molecular formula is C24H30N2O2. The van der Waals surface area contributed by atoms with Gasteiger partial charge in [0.25, 0.3) is 0 Å². The van der Waals surface area contributed by atoms with E-state index in [4.69, 9.17) is 4.74 Å². The average Bonchev–Trinajstić information content (AvgIpc) is 3.11. The molecule has 0 aromatic heterocycles. The van der Waals surface area contributed by atoms with Crippen LogP contribution in [0.15, 0.2) is 48.5 Å². The zero-order valence-electron chi connectivity index (χ0n) is 16.8. The number of rotatable bonds is 5. The van der Waals surface area contributed by atoms with Crippen LogP contribution in [0.4, 0.5) is 10.5 Å². The number of fused-ring (bicyclic) bond motifs is 1. The van der Waals surface area contributed by atoms with E-state index in [-0.39, 0.29) is 6.09 Å². The number of amides is 1. The molecule has 0 N–H and O–H groups in total. The van der Waals surface area contributed by atoms with Crippen LogP contribution in [0.2, 0.25) is 0 Å². The van der Waals surface area contributed by atoms with Gasteiger partial charge in [-0.3, -0.25) is 0 Å². The van der Waals surface area contributed by atoms with Gasteiger partial charge in [0.2, 0.25) is 0 Å². The highest BCUT2D eigenvalue weighted by atomic mass is 16.6. The van der Waals surface area contributed by atoms with Crippen LogP contribution in [0.25, 0.3) is 0 Å². The van der Waals surface area contributed by atoms with Crippen molar-refractivity contribution < 1.29 is 9.53 Å². The minimum absolute atomic E-state index is 0.246. The minimum atomic E-state index is -0.246. The Kier molecular flexibility index (Phi) is 5.84. The summed E-state index contributed by atoms with van der Waals surface area (Å²) >= 11 is 0. The van der Waals surface area contributed by atoms with Crippen LogP contribution in [0.5, 0.6) is 5.75 Å². The first-order chi connectivity index (χ1) is 13.7. The Morgan fingerprint density at radius 2 is 1.89 bits per heavy atom. The zero-order chi connectivity index (χ0) is 19.3. The van der Waals surface area contributed by atoms with Crippen molar-refractivity contribution >= 4 is 11.8 Å². The second-order valence-electron chi connectivity index (χ2n) is 8.20. The lowest BCUT2D eigenvalue weighted by molar-refractivity contribution is 0.150. The fourth-order valence-corrected chi connectivity index (χ4v) is 4.49. The molecule has 148 valence electrons. The second kappa shape index (κ2) is 8.68. The number of carbonyl (C=O) groups excluding carboxylic acids is 1. The monoisotopic (exact) mass is 378 g/mol. The summed E-state index contributed by atoms with van der Waals surface area (Å²) in [5.74, 6) is 1.28. The van der Waals surface area contributed by atoms with E-state index in [1.807, 2.05) is 25.2 Å². The van der Waals surface area contributed by atoms with Crippen molar-refractivity contribution in [1.82, 2.24) is 4.90 Å². The van der Waals surface area contributed by atoms with Crippen molar-refractivity contribution in [3.63, 3.8) is 0 Å². The molecule has 2 aromatic rings. The van der Waals surface area contributed by atoms with E-state index in [2.05, 4.69) is 35.2 Å². The van der Waals surface area contributed by atoms with Gasteiger partial charge in [-0.2, -0.15) is 0 Å². The predicted octanol–water partition coefficient (Wildman–Crippen LogP) is 5.26. The normalized spacial score (nSPS) is 16.7. The molecule has 4 rings (SSSR count). The van der Waals surface area contributed by atoms with Crippen LogP contribution in [-0.4, -0.2) is 31.1 Å². The Bertz CT molecular complexity index is 800. The lowest BCUT2D eigenvalue weighted by Crippen LogP contribution is -2.34. The van der Waals surface area contributed by atoms with E-state index in [1.54, 1.807) is 4.90 Å². The molecule has 28 heavy (non-hydrogen) atoms. The fraction of sp³-hybridized carbons (Fsp3) is 0.458. The fourth-order valence-electron chi connectivity index (χ4n) is 4.49. The van der Waals surface area contributed by atoms with Crippen LogP contribution in [0.1, 0.15) is 43.2 Å². The summed E-state index contributed by atoms with van der Waals surface area (Å²) in [6, 6.07) is 16.6. The number of ether oxygens (including phenoxy) is 1. The van der Waals surface area contributed by atoms with Crippen LogP contribution < -0.4 is 9.64 Å². The summed E-state index contributed by atoms with van der Waals surface area (Å²) in [6.45, 7) is 2.72. The van der Waals surface area contributed by atoms with Gasteiger partial charge >= 0.3 is 6.09 Å². The first-order valence-corrected chi connectivity index (χ1v) is 10.5. The van der Waals surface area contributed by atoms with Crippen molar-refractivity contribution in [2.24, 2.45) is 5.92 Å². The largest absolute Gasteiger partial charge is 0.414 e. The van der Waals surface area contributed by atoms with Crippen molar-refractivity contribution in [3.8, 4) is 5.75 Å². The molecule has 1 fully saturated rings. The minimum Gasteiger partial charge on any atom is -0.410 e.